The highest BCUT2D eigenvalue weighted by Crippen LogP contribution is 2.35. The lowest BCUT2D eigenvalue weighted by molar-refractivity contribution is -0.124. The normalized spacial score (nSPS) is 12.1. The zero-order chi connectivity index (χ0) is 13.7. The van der Waals surface area contributed by atoms with Crippen LogP contribution in [-0.2, 0) is 11.3 Å². The Morgan fingerprint density at radius 2 is 1.83 bits per heavy atom. The van der Waals surface area contributed by atoms with Crippen LogP contribution in [0, 0.1) is 0 Å². The molecule has 1 atom stereocenters. The molecule has 8 heteroatoms. The number of phenolic OH excluding ortho intramolecular Hbond substituents is 3. The van der Waals surface area contributed by atoms with Gasteiger partial charge in [0.1, 0.15) is 6.04 Å². The standard InChI is InChI=1S/C10H15N3O5/c11-6(4-14)10(18)13-12-3-5-1-7(15)9(17)8(16)2-5/h1-2,6,12,14-17H,3-4,11H2,(H,13,18)/t6-/m1/s1. The van der Waals surface area contributed by atoms with Gasteiger partial charge in [0.2, 0.25) is 0 Å². The summed E-state index contributed by atoms with van der Waals surface area (Å²) in [5.74, 6) is -2.13. The molecule has 0 radical (unpaired) electrons. The average molecular weight is 257 g/mol. The van der Waals surface area contributed by atoms with Crippen molar-refractivity contribution in [2.24, 2.45) is 5.73 Å². The molecule has 0 spiro atoms. The molecule has 18 heavy (non-hydrogen) atoms. The number of nitrogens with two attached hydrogens (primary N) is 1. The van der Waals surface area contributed by atoms with Crippen molar-refractivity contribution in [3.8, 4) is 17.2 Å². The number of carbonyl (C=O) groups is 1. The number of phenols is 3. The molecule has 0 aliphatic carbocycles. The summed E-state index contributed by atoms with van der Waals surface area (Å²) in [5, 5.41) is 36.2. The fourth-order valence-electron chi connectivity index (χ4n) is 1.17. The largest absolute Gasteiger partial charge is 0.504 e. The summed E-state index contributed by atoms with van der Waals surface area (Å²) in [6.45, 7) is -0.389. The summed E-state index contributed by atoms with van der Waals surface area (Å²) < 4.78 is 0. The molecule has 100 valence electrons. The molecule has 1 aromatic rings. The summed E-state index contributed by atoms with van der Waals surface area (Å²) in [6.07, 6.45) is 0. The molecule has 1 rings (SSSR count). The van der Waals surface area contributed by atoms with E-state index in [-0.39, 0.29) is 6.54 Å². The first-order valence-corrected chi connectivity index (χ1v) is 5.08. The van der Waals surface area contributed by atoms with Crippen molar-refractivity contribution in [3.63, 3.8) is 0 Å². The van der Waals surface area contributed by atoms with Crippen LogP contribution < -0.4 is 16.6 Å². The third-order valence-corrected chi connectivity index (χ3v) is 2.17. The first kappa shape index (κ1) is 14.0. The van der Waals surface area contributed by atoms with Crippen LogP contribution in [0.1, 0.15) is 5.56 Å². The highest BCUT2D eigenvalue weighted by atomic mass is 16.3. The minimum Gasteiger partial charge on any atom is -0.504 e. The molecule has 0 aliphatic rings. The van der Waals surface area contributed by atoms with Crippen molar-refractivity contribution in [3.05, 3.63) is 17.7 Å². The highest BCUT2D eigenvalue weighted by Gasteiger charge is 2.11. The predicted octanol–water partition coefficient (Wildman–Crippen LogP) is -1.76. The van der Waals surface area contributed by atoms with E-state index in [0.29, 0.717) is 5.56 Å². The molecule has 0 saturated heterocycles. The van der Waals surface area contributed by atoms with Gasteiger partial charge in [0, 0.05) is 6.54 Å². The third-order valence-electron chi connectivity index (χ3n) is 2.17. The van der Waals surface area contributed by atoms with Crippen molar-refractivity contribution < 1.29 is 25.2 Å². The maximum absolute atomic E-state index is 11.2. The zero-order valence-electron chi connectivity index (χ0n) is 9.42. The molecule has 1 aromatic carbocycles. The fourth-order valence-corrected chi connectivity index (χ4v) is 1.17. The number of aliphatic hydroxyl groups excluding tert-OH is 1. The second-order valence-corrected chi connectivity index (χ2v) is 3.61. The van der Waals surface area contributed by atoms with Gasteiger partial charge < -0.3 is 26.2 Å². The van der Waals surface area contributed by atoms with Gasteiger partial charge in [-0.25, -0.2) is 5.43 Å². The molecule has 0 fully saturated rings. The SMILES string of the molecule is N[C@H](CO)C(=O)NNCc1cc(O)c(O)c(O)c1. The number of hydrazine groups is 1. The number of aliphatic hydroxyl groups is 1. The summed E-state index contributed by atoms with van der Waals surface area (Å²) >= 11 is 0. The van der Waals surface area contributed by atoms with Crippen molar-refractivity contribution in [2.45, 2.75) is 12.6 Å². The van der Waals surface area contributed by atoms with E-state index in [9.17, 15) is 15.0 Å². The van der Waals surface area contributed by atoms with E-state index >= 15 is 0 Å². The monoisotopic (exact) mass is 257 g/mol. The second-order valence-electron chi connectivity index (χ2n) is 3.61. The number of hydrogen-bond donors (Lipinski definition) is 7. The zero-order valence-corrected chi connectivity index (χ0v) is 9.42. The van der Waals surface area contributed by atoms with Crippen LogP contribution in [0.25, 0.3) is 0 Å². The van der Waals surface area contributed by atoms with Crippen LogP contribution in [0.3, 0.4) is 0 Å². The van der Waals surface area contributed by atoms with Crippen molar-refractivity contribution in [1.29, 1.82) is 0 Å². The van der Waals surface area contributed by atoms with Gasteiger partial charge in [-0.15, -0.1) is 0 Å². The third kappa shape index (κ3) is 3.48. The molecule has 0 unspecified atom stereocenters. The summed E-state index contributed by atoms with van der Waals surface area (Å²) in [6, 6.07) is 1.42. The first-order valence-electron chi connectivity index (χ1n) is 5.08. The van der Waals surface area contributed by atoms with Crippen LogP contribution in [0.5, 0.6) is 17.2 Å². The topological polar surface area (TPSA) is 148 Å². The van der Waals surface area contributed by atoms with Gasteiger partial charge in [0.05, 0.1) is 6.61 Å². The number of nitrogens with one attached hydrogen (secondary N) is 2. The van der Waals surface area contributed by atoms with Crippen LogP contribution in [0.2, 0.25) is 0 Å². The molecule has 0 bridgehead atoms. The molecule has 0 saturated carbocycles. The first-order chi connectivity index (χ1) is 8.45. The number of hydrogen-bond acceptors (Lipinski definition) is 7. The Hall–Kier alpha value is -2.03. The molecule has 8 N–H and O–H groups in total. The van der Waals surface area contributed by atoms with E-state index in [1.165, 1.54) is 12.1 Å². The van der Waals surface area contributed by atoms with Gasteiger partial charge in [0.15, 0.2) is 17.2 Å². The number of carbonyl (C=O) groups excluding carboxylic acids is 1. The lowest BCUT2D eigenvalue weighted by Crippen LogP contribution is -2.48. The van der Waals surface area contributed by atoms with Crippen molar-refractivity contribution in [2.75, 3.05) is 6.61 Å². The molecule has 0 aliphatic heterocycles. The van der Waals surface area contributed by atoms with Crippen LogP contribution >= 0.6 is 0 Å². The minimum atomic E-state index is -1.03. The Kier molecular flexibility index (Phi) is 4.72. The van der Waals surface area contributed by atoms with E-state index in [2.05, 4.69) is 10.9 Å². The number of amides is 1. The Bertz CT molecular complexity index is 415. The van der Waals surface area contributed by atoms with Gasteiger partial charge in [-0.1, -0.05) is 0 Å². The van der Waals surface area contributed by atoms with E-state index < -0.39 is 35.8 Å². The average Bonchev–Trinajstić information content (AvgIpc) is 2.34. The van der Waals surface area contributed by atoms with Gasteiger partial charge in [-0.2, -0.15) is 0 Å². The van der Waals surface area contributed by atoms with Crippen molar-refractivity contribution >= 4 is 5.91 Å². The molecule has 1 amide bonds. The smallest absolute Gasteiger partial charge is 0.253 e. The van der Waals surface area contributed by atoms with Gasteiger partial charge in [-0.05, 0) is 17.7 Å². The number of aromatic hydroxyl groups is 3. The molecular formula is C10H15N3O5. The van der Waals surface area contributed by atoms with E-state index in [1.807, 2.05) is 0 Å². The lowest BCUT2D eigenvalue weighted by Gasteiger charge is -2.11. The van der Waals surface area contributed by atoms with Crippen LogP contribution in [-0.4, -0.2) is 39.0 Å². The lowest BCUT2D eigenvalue weighted by atomic mass is 10.2. The Morgan fingerprint density at radius 3 is 2.33 bits per heavy atom. The van der Waals surface area contributed by atoms with Gasteiger partial charge in [0.25, 0.3) is 5.91 Å². The summed E-state index contributed by atoms with van der Waals surface area (Å²) in [5.41, 5.74) is 10.4. The van der Waals surface area contributed by atoms with E-state index in [1.54, 1.807) is 0 Å². The molecule has 0 heterocycles. The maximum atomic E-state index is 11.2. The minimum absolute atomic E-state index is 0.0886. The van der Waals surface area contributed by atoms with Crippen LogP contribution in [0.4, 0.5) is 0 Å². The molecule has 8 nitrogen and oxygen atoms in total. The Labute approximate surface area is 103 Å². The number of benzene rings is 1. The highest BCUT2D eigenvalue weighted by molar-refractivity contribution is 5.81. The molecular weight excluding hydrogens is 242 g/mol. The Balaban J connectivity index is 2.52. The van der Waals surface area contributed by atoms with E-state index in [0.717, 1.165) is 0 Å². The fraction of sp³-hybridized carbons (Fsp3) is 0.300. The van der Waals surface area contributed by atoms with Gasteiger partial charge in [-0.3, -0.25) is 10.2 Å². The van der Waals surface area contributed by atoms with Gasteiger partial charge >= 0.3 is 0 Å². The van der Waals surface area contributed by atoms with E-state index in [4.69, 9.17) is 15.9 Å². The second kappa shape index (κ2) is 6.05. The summed E-state index contributed by atoms with van der Waals surface area (Å²) in [7, 11) is 0. The van der Waals surface area contributed by atoms with Crippen LogP contribution in [0.15, 0.2) is 12.1 Å². The predicted molar refractivity (Wildman–Crippen MR) is 61.5 cm³/mol. The van der Waals surface area contributed by atoms with Crippen molar-refractivity contribution in [1.82, 2.24) is 10.9 Å². The maximum Gasteiger partial charge on any atom is 0.253 e. The number of rotatable bonds is 5. The molecule has 0 aromatic heterocycles. The quantitative estimate of drug-likeness (QED) is 0.244. The summed E-state index contributed by atoms with van der Waals surface area (Å²) in [4.78, 5) is 11.2. The Morgan fingerprint density at radius 1 is 1.28 bits per heavy atom.